The number of fused-ring (bicyclic) bond motifs is 4. The molecule has 0 atom stereocenters. The molecule has 0 fully saturated rings. The molecule has 23 heteroatoms. The number of halogens is 9. The van der Waals surface area contributed by atoms with Crippen LogP contribution in [0.2, 0.25) is 139 Å². The van der Waals surface area contributed by atoms with E-state index in [1.54, 1.807) is 0 Å². The Morgan fingerprint density at radius 3 is 0.723 bits per heavy atom. The van der Waals surface area contributed by atoms with Gasteiger partial charge in [0.1, 0.15) is 13.2 Å². The average molecular weight is 1830 g/mol. The summed E-state index contributed by atoms with van der Waals surface area (Å²) in [5.41, 5.74) is 2.06. The number of carbonyl (C=O) groups is 2. The number of amides is 2. The van der Waals surface area contributed by atoms with Gasteiger partial charge in [0, 0.05) is 24.2 Å². The van der Waals surface area contributed by atoms with Crippen molar-refractivity contribution in [1.29, 1.82) is 0 Å². The number of unbranched alkanes of at least 4 members (excludes halogenated alkanes) is 2. The summed E-state index contributed by atoms with van der Waals surface area (Å²) in [7, 11) is -8.63. The van der Waals surface area contributed by atoms with E-state index >= 15 is 0 Å². The van der Waals surface area contributed by atoms with Crippen LogP contribution in [-0.2, 0) is 22.7 Å². The summed E-state index contributed by atoms with van der Waals surface area (Å²) in [6.07, 6.45) is 31.9. The second-order valence-electron chi connectivity index (χ2n) is 31.1. The Hall–Kier alpha value is -3.35. The Bertz CT molecular complexity index is 3570. The number of carbonyl (C=O) groups excluding carboxylic acids is 2. The molecule has 2 amide bonds. The van der Waals surface area contributed by atoms with Crippen molar-refractivity contribution in [2.24, 2.45) is 0 Å². The molecule has 6 aromatic rings. The molecule has 0 radical (unpaired) electrons. The fraction of sp³-hybridized carbons (Fsp3) is 0.438. The SMILES string of the molecule is C=CCC.C=CC[Si](CC=C)(CC=C)CCC[Si](CCCCNC(=O)OCc1c2ccccc2cc2ccccc12)(CCC[Si](CC=C)(CC=C)CC=C)CCC[Si](CC=C)(CC=C)CC=C.O=C(NCCCC[Si](CCC[Si](Cl)(Cl)Cl)(CCC[Si](Cl)(Cl)Cl)CCC[Si](Cl)(Cl)Cl)OCc1c2ccccc2cc2ccccc12. The highest BCUT2D eigenvalue weighted by Crippen LogP contribution is 2.44. The number of nitrogens with one attached hydrogen (secondary N) is 2. The van der Waals surface area contributed by atoms with E-state index in [1.807, 2.05) is 30.3 Å². The third-order valence-corrected chi connectivity index (χ3v) is 56.3. The largest absolute Gasteiger partial charge is 0.445 e. The Morgan fingerprint density at radius 1 is 0.304 bits per heavy atom. The lowest BCUT2D eigenvalue weighted by Gasteiger charge is -2.38. The molecule has 6 aromatic carbocycles. The second kappa shape index (κ2) is 53.9. The Kier molecular flexibility index (Phi) is 48.6. The van der Waals surface area contributed by atoms with Gasteiger partial charge in [-0.1, -0.05) is 283 Å². The quantitative estimate of drug-likeness (QED) is 0.0131. The van der Waals surface area contributed by atoms with Crippen LogP contribution in [0.15, 0.2) is 236 Å². The van der Waals surface area contributed by atoms with Gasteiger partial charge in [-0.05, 0) is 147 Å². The van der Waals surface area contributed by atoms with E-state index in [0.717, 1.165) is 184 Å². The molecule has 0 bridgehead atoms. The van der Waals surface area contributed by atoms with Crippen molar-refractivity contribution in [3.05, 3.63) is 247 Å². The molecule has 0 saturated heterocycles. The molecule has 0 unspecified atom stereocenters. The summed E-state index contributed by atoms with van der Waals surface area (Å²) in [6, 6.07) is 54.5. The lowest BCUT2D eigenvalue weighted by molar-refractivity contribution is 0.139. The van der Waals surface area contributed by atoms with E-state index in [2.05, 4.69) is 223 Å². The first-order chi connectivity index (χ1) is 53.6. The molecule has 112 heavy (non-hydrogen) atoms. The Balaban J connectivity index is 0.000000473. The number of hydrogen-bond acceptors (Lipinski definition) is 4. The molecule has 6 nitrogen and oxygen atoms in total. The van der Waals surface area contributed by atoms with Gasteiger partial charge in [-0.2, -0.15) is 0 Å². The molecule has 0 aliphatic heterocycles. The van der Waals surface area contributed by atoms with Gasteiger partial charge < -0.3 is 20.1 Å². The molecule has 6 rings (SSSR count). The minimum absolute atomic E-state index is 0.190. The van der Waals surface area contributed by atoms with Crippen LogP contribution in [0.4, 0.5) is 9.59 Å². The van der Waals surface area contributed by atoms with Crippen LogP contribution < -0.4 is 10.6 Å². The summed E-state index contributed by atoms with van der Waals surface area (Å²) in [5.74, 6) is 0. The molecule has 2 N–H and O–H groups in total. The second-order valence-corrected chi connectivity index (χ2v) is 83.1. The highest BCUT2D eigenvalue weighted by Gasteiger charge is 2.40. The number of alkyl carbamates (subject to hydrolysis) is 2. The molecule has 0 heterocycles. The first-order valence-electron chi connectivity index (χ1n) is 40.5. The molecule has 0 aliphatic rings. The fourth-order valence-electron chi connectivity index (χ4n) is 17.0. The smallest absolute Gasteiger partial charge is 0.407 e. The molecular weight excluding hydrogens is 1700 g/mol. The van der Waals surface area contributed by atoms with Gasteiger partial charge in [0.15, 0.2) is 0 Å². The monoisotopic (exact) mass is 1830 g/mol. The topological polar surface area (TPSA) is 76.7 Å². The third-order valence-electron chi connectivity index (χ3n) is 22.5. The third kappa shape index (κ3) is 37.7. The van der Waals surface area contributed by atoms with Crippen molar-refractivity contribution in [2.75, 3.05) is 13.1 Å². The van der Waals surface area contributed by atoms with Crippen LogP contribution in [-0.4, -0.2) is 83.7 Å². The minimum atomic E-state index is -2.73. The standard InChI is InChI=1S/C56H83NO2Si4.C29H38Cl9NO2Si4.C4H8/c1-10-33-60(34-11-2,35-12-3)43-25-46-63(47-26-44-61(36-13-4,37-14-5)38-15-6,48-27-45-62(39-16-7,40-17-8)41-18-9)42-24-23-32-57-56(58)59-50-55-53-30-21-19-28-51(53)49-52-29-20-22-31-54(52)55;30-43(31,32)19-7-16-42(17-8-20-44(33,34)35,18-9-21-45(36,37)38)15-6-5-14-39-29(40)41-23-28-26-12-3-1-10-24(26)22-25-11-2-4-13-27(25)28;1-3-4-2/h10-22,28-31,49H,1-9,23-27,32-48,50H2,(H,57,58);1-4,10-13,22H,5-9,14-21,23H2,(H,39,40);3H,1,4H2,2H3. The molecule has 0 aromatic heterocycles. The van der Waals surface area contributed by atoms with Crippen LogP contribution in [0.5, 0.6) is 0 Å². The van der Waals surface area contributed by atoms with E-state index in [0.29, 0.717) is 31.2 Å². The van der Waals surface area contributed by atoms with Crippen LogP contribution in [0.3, 0.4) is 0 Å². The summed E-state index contributed by atoms with van der Waals surface area (Å²) < 4.78 is 11.6. The van der Waals surface area contributed by atoms with Crippen molar-refractivity contribution >= 4 is 213 Å². The van der Waals surface area contributed by atoms with Gasteiger partial charge >= 0.3 is 30.2 Å². The van der Waals surface area contributed by atoms with Crippen molar-refractivity contribution in [2.45, 2.75) is 230 Å². The molecule has 614 valence electrons. The van der Waals surface area contributed by atoms with Gasteiger partial charge in [0.2, 0.25) is 0 Å². The van der Waals surface area contributed by atoms with E-state index in [9.17, 15) is 9.59 Å². The number of allylic oxidation sites excluding steroid dienone is 10. The highest BCUT2D eigenvalue weighted by molar-refractivity contribution is 7.65. The summed E-state index contributed by atoms with van der Waals surface area (Å²) in [5, 5.41) is 15.0. The van der Waals surface area contributed by atoms with E-state index in [1.165, 1.54) is 61.6 Å². The maximum Gasteiger partial charge on any atom is 0.407 e. The maximum absolute atomic E-state index is 13.3. The van der Waals surface area contributed by atoms with Crippen LogP contribution >= 0.6 is 99.7 Å². The lowest BCUT2D eigenvalue weighted by Crippen LogP contribution is -2.39. The summed E-state index contributed by atoms with van der Waals surface area (Å²) in [6.45, 7) is 45.0. The highest BCUT2D eigenvalue weighted by atomic mass is 35.9. The molecule has 0 saturated carbocycles. The summed E-state index contributed by atoms with van der Waals surface area (Å²) in [4.78, 5) is 26.0. The number of hydrogen-bond donors (Lipinski definition) is 2. The predicted molar refractivity (Wildman–Crippen MR) is 527 cm³/mol. The van der Waals surface area contributed by atoms with Crippen molar-refractivity contribution in [1.82, 2.24) is 10.6 Å². The first-order valence-corrected chi connectivity index (χ1v) is 70.3. The molecule has 0 aliphatic carbocycles. The molecular formula is C89H129Cl9N2O4Si8. The first kappa shape index (κ1) is 101. The van der Waals surface area contributed by atoms with Crippen LogP contribution in [0.1, 0.15) is 88.7 Å². The van der Waals surface area contributed by atoms with Crippen molar-refractivity contribution in [3.63, 3.8) is 0 Å². The van der Waals surface area contributed by atoms with Crippen LogP contribution in [0.25, 0.3) is 43.1 Å². The van der Waals surface area contributed by atoms with Gasteiger partial charge in [0.05, 0.1) is 40.4 Å². The lowest BCUT2D eigenvalue weighted by atomic mass is 9.97. The van der Waals surface area contributed by atoms with Gasteiger partial charge in [-0.25, -0.2) is 9.59 Å². The zero-order valence-electron chi connectivity index (χ0n) is 67.1. The van der Waals surface area contributed by atoms with E-state index in [-0.39, 0.29) is 19.3 Å². The molecule has 0 spiro atoms. The van der Waals surface area contributed by atoms with E-state index in [4.69, 9.17) is 109 Å². The zero-order valence-corrected chi connectivity index (χ0v) is 81.9. The number of ether oxygens (including phenoxy) is 2. The van der Waals surface area contributed by atoms with Crippen LogP contribution in [0, 0.1) is 0 Å². The predicted octanol–water partition coefficient (Wildman–Crippen LogP) is 32.8. The number of benzene rings is 6. The van der Waals surface area contributed by atoms with Gasteiger partial charge in [-0.3, -0.25) is 0 Å². The van der Waals surface area contributed by atoms with Crippen molar-refractivity contribution < 1.29 is 19.1 Å². The summed E-state index contributed by atoms with van der Waals surface area (Å²) >= 11 is 56.0. The van der Waals surface area contributed by atoms with Crippen molar-refractivity contribution in [3.8, 4) is 0 Å². The Morgan fingerprint density at radius 2 is 0.509 bits per heavy atom. The zero-order chi connectivity index (χ0) is 82.4. The minimum Gasteiger partial charge on any atom is -0.445 e. The average Bonchev–Trinajstić information content (AvgIpc) is 0.781. The van der Waals surface area contributed by atoms with Gasteiger partial charge in [0.25, 0.3) is 0 Å². The maximum atomic E-state index is 13.3. The van der Waals surface area contributed by atoms with Gasteiger partial charge in [-0.15, -0.1) is 166 Å². The number of rotatable bonds is 57. The van der Waals surface area contributed by atoms with E-state index < -0.39 is 64.5 Å². The Labute approximate surface area is 725 Å². The fourth-order valence-corrected chi connectivity index (χ4v) is 46.6. The normalized spacial score (nSPS) is 12.2.